The van der Waals surface area contributed by atoms with Crippen LogP contribution in [0.5, 0.6) is 0 Å². The van der Waals surface area contributed by atoms with Gasteiger partial charge in [-0.3, -0.25) is 19.2 Å². The first-order valence-corrected chi connectivity index (χ1v) is 16.1. The SMILES string of the molecule is CC12CCC(=O)C=C1CCC1C2C(O)CC2(C)C1CCC2(O)C(=O)COC(=O)CCC(=O)NCCc1c[nH]c2ccccc12. The number of para-hydroxylation sites is 1. The van der Waals surface area contributed by atoms with E-state index in [1.165, 1.54) is 0 Å². The molecule has 4 aliphatic rings. The number of H-pyrrole nitrogens is 1. The molecule has 7 atom stereocenters. The molecular formula is C35H44N2O7. The number of allylic oxidation sites excluding steroid dienone is 1. The number of amides is 1. The van der Waals surface area contributed by atoms with Crippen LogP contribution in [0.1, 0.15) is 77.2 Å². The van der Waals surface area contributed by atoms with Crippen molar-refractivity contribution < 1.29 is 34.1 Å². The maximum absolute atomic E-state index is 13.5. The Bertz CT molecular complexity index is 1510. The molecule has 9 nitrogen and oxygen atoms in total. The Labute approximate surface area is 257 Å². The summed E-state index contributed by atoms with van der Waals surface area (Å²) in [5.41, 5.74) is 0.481. The Hall–Kier alpha value is -3.30. The van der Waals surface area contributed by atoms with Crippen LogP contribution < -0.4 is 5.32 Å². The van der Waals surface area contributed by atoms with Crippen molar-refractivity contribution in [2.75, 3.05) is 13.2 Å². The first kappa shape index (κ1) is 30.7. The Morgan fingerprint density at radius 3 is 2.70 bits per heavy atom. The standard InChI is InChI=1S/C35H44N2O7/c1-33-14-11-23(38)17-22(33)7-8-25-26-12-15-35(43,34(26,2)18-28(39)32(25)33)29(40)20-44-31(42)10-9-30(41)36-16-13-21-19-37-27-6-4-3-5-24(21)27/h3-6,17,19,25-26,28,32,37,39,43H,7-16,18,20H2,1-2H3,(H,36,41). The summed E-state index contributed by atoms with van der Waals surface area (Å²) in [5.74, 6) is -1.16. The van der Waals surface area contributed by atoms with E-state index in [-0.39, 0.29) is 60.5 Å². The van der Waals surface area contributed by atoms with Crippen molar-refractivity contribution in [2.45, 2.75) is 89.8 Å². The number of nitrogens with one attached hydrogen (secondary N) is 2. The quantitative estimate of drug-likeness (QED) is 0.317. The van der Waals surface area contributed by atoms with Gasteiger partial charge in [-0.05, 0) is 85.8 Å². The lowest BCUT2D eigenvalue weighted by Crippen LogP contribution is -2.62. The van der Waals surface area contributed by atoms with E-state index < -0.39 is 35.5 Å². The monoisotopic (exact) mass is 604 g/mol. The van der Waals surface area contributed by atoms with Gasteiger partial charge in [0.1, 0.15) is 5.60 Å². The minimum Gasteiger partial charge on any atom is -0.458 e. The lowest BCUT2D eigenvalue weighted by atomic mass is 9.45. The summed E-state index contributed by atoms with van der Waals surface area (Å²) in [5, 5.41) is 27.3. The number of benzene rings is 1. The molecule has 1 aromatic heterocycles. The molecule has 44 heavy (non-hydrogen) atoms. The molecule has 3 fully saturated rings. The minimum absolute atomic E-state index is 0.0162. The Morgan fingerprint density at radius 1 is 1.09 bits per heavy atom. The molecule has 1 heterocycles. The molecule has 1 aromatic carbocycles. The second-order valence-corrected chi connectivity index (χ2v) is 14.0. The third-order valence-electron chi connectivity index (χ3n) is 11.8. The van der Waals surface area contributed by atoms with E-state index in [1.54, 1.807) is 6.08 Å². The van der Waals surface area contributed by atoms with Gasteiger partial charge in [-0.15, -0.1) is 0 Å². The molecule has 1 amide bonds. The summed E-state index contributed by atoms with van der Waals surface area (Å²) in [7, 11) is 0. The predicted molar refractivity (Wildman–Crippen MR) is 163 cm³/mol. The number of Topliss-reactive ketones (excluding diaryl/α,β-unsaturated/α-hetero) is 1. The smallest absolute Gasteiger partial charge is 0.306 e. The number of aromatic amines is 1. The Balaban J connectivity index is 1.00. The number of aliphatic hydroxyl groups excluding tert-OH is 1. The summed E-state index contributed by atoms with van der Waals surface area (Å²) in [6.45, 7) is 3.95. The molecular weight excluding hydrogens is 560 g/mol. The topological polar surface area (TPSA) is 146 Å². The van der Waals surface area contributed by atoms with Crippen LogP contribution in [0.25, 0.3) is 10.9 Å². The van der Waals surface area contributed by atoms with Crippen molar-refractivity contribution in [1.29, 1.82) is 0 Å². The first-order chi connectivity index (χ1) is 21.0. The summed E-state index contributed by atoms with van der Waals surface area (Å²) < 4.78 is 5.26. The maximum Gasteiger partial charge on any atom is 0.306 e. The molecule has 6 rings (SSSR count). The third kappa shape index (κ3) is 5.11. The molecule has 0 bridgehead atoms. The number of hydrogen-bond donors (Lipinski definition) is 4. The number of fused-ring (bicyclic) bond motifs is 6. The number of ketones is 2. The second kappa shape index (κ2) is 11.6. The zero-order valence-corrected chi connectivity index (χ0v) is 25.7. The fraction of sp³-hybridized carbons (Fsp3) is 0.600. The zero-order chi connectivity index (χ0) is 31.3. The van der Waals surface area contributed by atoms with Gasteiger partial charge in [-0.2, -0.15) is 0 Å². The van der Waals surface area contributed by atoms with Gasteiger partial charge >= 0.3 is 5.97 Å². The number of rotatable bonds is 9. The summed E-state index contributed by atoms with van der Waals surface area (Å²) in [4.78, 5) is 53.6. The van der Waals surface area contributed by atoms with Gasteiger partial charge in [0.05, 0.1) is 12.5 Å². The highest BCUT2D eigenvalue weighted by Crippen LogP contribution is 2.67. The number of carbonyl (C=O) groups is 4. The molecule has 0 saturated heterocycles. The average Bonchev–Trinajstić information content (AvgIpc) is 3.53. The van der Waals surface area contributed by atoms with E-state index in [4.69, 9.17) is 4.74 Å². The highest BCUT2D eigenvalue weighted by molar-refractivity contribution is 5.92. The van der Waals surface area contributed by atoms with Crippen LogP contribution in [0.3, 0.4) is 0 Å². The third-order valence-corrected chi connectivity index (χ3v) is 11.8. The molecule has 0 spiro atoms. The number of carbonyl (C=O) groups excluding carboxylic acids is 4. The number of aromatic nitrogens is 1. The van der Waals surface area contributed by atoms with E-state index in [9.17, 15) is 29.4 Å². The normalized spacial score (nSPS) is 34.5. The highest BCUT2D eigenvalue weighted by atomic mass is 16.5. The van der Waals surface area contributed by atoms with Gasteiger partial charge in [-0.1, -0.05) is 37.6 Å². The van der Waals surface area contributed by atoms with Gasteiger partial charge in [-0.25, -0.2) is 0 Å². The maximum atomic E-state index is 13.5. The molecule has 4 aliphatic carbocycles. The van der Waals surface area contributed by atoms with Gasteiger partial charge in [0.2, 0.25) is 11.7 Å². The van der Waals surface area contributed by atoms with Crippen molar-refractivity contribution in [3.05, 3.63) is 47.7 Å². The first-order valence-electron chi connectivity index (χ1n) is 16.1. The summed E-state index contributed by atoms with van der Waals surface area (Å²) in [6.07, 6.45) is 7.47. The average molecular weight is 605 g/mol. The summed E-state index contributed by atoms with van der Waals surface area (Å²) in [6, 6.07) is 7.96. The van der Waals surface area contributed by atoms with E-state index in [0.29, 0.717) is 25.8 Å². The van der Waals surface area contributed by atoms with Gasteiger partial charge in [0, 0.05) is 41.9 Å². The van der Waals surface area contributed by atoms with Crippen molar-refractivity contribution in [1.82, 2.24) is 10.3 Å². The number of esters is 1. The van der Waals surface area contributed by atoms with Gasteiger partial charge in [0.25, 0.3) is 0 Å². The molecule has 0 radical (unpaired) electrons. The molecule has 0 aliphatic heterocycles. The number of ether oxygens (including phenoxy) is 1. The van der Waals surface area contributed by atoms with Crippen LogP contribution in [0.4, 0.5) is 0 Å². The van der Waals surface area contributed by atoms with E-state index in [0.717, 1.165) is 41.3 Å². The number of hydrogen-bond acceptors (Lipinski definition) is 7. The van der Waals surface area contributed by atoms with E-state index >= 15 is 0 Å². The largest absolute Gasteiger partial charge is 0.458 e. The van der Waals surface area contributed by atoms with Crippen molar-refractivity contribution >= 4 is 34.3 Å². The Morgan fingerprint density at radius 2 is 1.89 bits per heavy atom. The van der Waals surface area contributed by atoms with Crippen LogP contribution in [0.2, 0.25) is 0 Å². The van der Waals surface area contributed by atoms with Crippen molar-refractivity contribution in [3.8, 4) is 0 Å². The van der Waals surface area contributed by atoms with Crippen molar-refractivity contribution in [2.24, 2.45) is 28.6 Å². The number of aliphatic hydroxyl groups is 2. The fourth-order valence-corrected chi connectivity index (χ4v) is 9.47. The molecule has 236 valence electrons. The van der Waals surface area contributed by atoms with Crippen LogP contribution in [0.15, 0.2) is 42.1 Å². The van der Waals surface area contributed by atoms with Gasteiger partial charge < -0.3 is 25.3 Å². The molecule has 3 saturated carbocycles. The molecule has 4 N–H and O–H groups in total. The predicted octanol–water partition coefficient (Wildman–Crippen LogP) is 3.95. The minimum atomic E-state index is -1.71. The molecule has 2 aromatic rings. The zero-order valence-electron chi connectivity index (χ0n) is 25.7. The van der Waals surface area contributed by atoms with Crippen LogP contribution >= 0.6 is 0 Å². The molecule has 7 unspecified atom stereocenters. The Kier molecular flexibility index (Phi) is 8.07. The highest BCUT2D eigenvalue weighted by Gasteiger charge is 2.68. The lowest BCUT2D eigenvalue weighted by Gasteiger charge is -2.60. The van der Waals surface area contributed by atoms with Crippen LogP contribution in [-0.2, 0) is 30.3 Å². The van der Waals surface area contributed by atoms with Crippen LogP contribution in [0, 0.1) is 28.6 Å². The second-order valence-electron chi connectivity index (χ2n) is 14.0. The fourth-order valence-electron chi connectivity index (χ4n) is 9.47. The summed E-state index contributed by atoms with van der Waals surface area (Å²) >= 11 is 0. The van der Waals surface area contributed by atoms with E-state index in [2.05, 4.69) is 17.2 Å². The van der Waals surface area contributed by atoms with E-state index in [1.807, 2.05) is 37.4 Å². The van der Waals surface area contributed by atoms with Crippen molar-refractivity contribution in [3.63, 3.8) is 0 Å². The van der Waals surface area contributed by atoms with Gasteiger partial charge in [0.15, 0.2) is 12.4 Å². The lowest BCUT2D eigenvalue weighted by molar-refractivity contribution is -0.184. The molecule has 9 heteroatoms. The van der Waals surface area contributed by atoms with Crippen LogP contribution in [-0.4, -0.2) is 63.5 Å².